The Morgan fingerprint density at radius 3 is 2.56 bits per heavy atom. The van der Waals surface area contributed by atoms with E-state index in [2.05, 4.69) is 10.6 Å². The van der Waals surface area contributed by atoms with Crippen molar-refractivity contribution in [2.24, 2.45) is 0 Å². The van der Waals surface area contributed by atoms with Crippen molar-refractivity contribution in [2.45, 2.75) is 13.8 Å². The van der Waals surface area contributed by atoms with Crippen molar-refractivity contribution in [3.05, 3.63) is 63.2 Å². The number of anilines is 2. The second-order valence-electron chi connectivity index (χ2n) is 5.66. The van der Waals surface area contributed by atoms with Crippen LogP contribution in [0.5, 0.6) is 0 Å². The molecule has 2 N–H and O–H groups in total. The predicted molar refractivity (Wildman–Crippen MR) is 97.3 cm³/mol. The molecule has 0 aliphatic carbocycles. The van der Waals surface area contributed by atoms with E-state index < -0.39 is 10.8 Å². The number of carbonyl (C=O) groups excluding carboxylic acids is 1. The molecule has 7 heteroatoms. The number of rotatable bonds is 7. The van der Waals surface area contributed by atoms with Gasteiger partial charge < -0.3 is 15.4 Å². The highest BCUT2D eigenvalue weighted by atomic mass is 16.6. The van der Waals surface area contributed by atoms with Crippen molar-refractivity contribution in [3.8, 4) is 0 Å². The largest absolute Gasteiger partial charge is 0.383 e. The first kappa shape index (κ1) is 18.4. The summed E-state index contributed by atoms with van der Waals surface area (Å²) in [6.07, 6.45) is 0. The fourth-order valence-corrected chi connectivity index (χ4v) is 2.28. The fourth-order valence-electron chi connectivity index (χ4n) is 2.28. The van der Waals surface area contributed by atoms with E-state index in [0.717, 1.165) is 11.1 Å². The van der Waals surface area contributed by atoms with Gasteiger partial charge in [-0.25, -0.2) is 0 Å². The topological polar surface area (TPSA) is 93.5 Å². The molecule has 0 aliphatic rings. The van der Waals surface area contributed by atoms with Crippen LogP contribution in [0.3, 0.4) is 0 Å². The van der Waals surface area contributed by atoms with Crippen molar-refractivity contribution in [3.63, 3.8) is 0 Å². The number of ether oxygens (including phenoxy) is 1. The molecule has 0 saturated carbocycles. The Morgan fingerprint density at radius 2 is 1.92 bits per heavy atom. The lowest BCUT2D eigenvalue weighted by molar-refractivity contribution is -0.384. The summed E-state index contributed by atoms with van der Waals surface area (Å²) < 4.78 is 4.91. The van der Waals surface area contributed by atoms with Gasteiger partial charge in [0.25, 0.3) is 11.6 Å². The highest BCUT2D eigenvalue weighted by Crippen LogP contribution is 2.26. The van der Waals surface area contributed by atoms with Crippen LogP contribution >= 0.6 is 0 Å². The van der Waals surface area contributed by atoms with E-state index in [9.17, 15) is 14.9 Å². The molecule has 0 radical (unpaired) electrons. The van der Waals surface area contributed by atoms with Crippen LogP contribution in [0.15, 0.2) is 36.4 Å². The molecule has 7 nitrogen and oxygen atoms in total. The molecule has 0 aromatic heterocycles. The van der Waals surface area contributed by atoms with Crippen molar-refractivity contribution in [1.29, 1.82) is 0 Å². The fraction of sp³-hybridized carbons (Fsp3) is 0.278. The molecule has 0 bridgehead atoms. The van der Waals surface area contributed by atoms with E-state index in [0.29, 0.717) is 24.5 Å². The van der Waals surface area contributed by atoms with Crippen LogP contribution < -0.4 is 10.6 Å². The van der Waals surface area contributed by atoms with E-state index in [4.69, 9.17) is 4.74 Å². The summed E-state index contributed by atoms with van der Waals surface area (Å²) in [6.45, 7) is 4.80. The number of nitro benzene ring substituents is 1. The number of nitrogens with zero attached hydrogens (tertiary/aromatic N) is 1. The normalized spacial score (nSPS) is 10.4. The Morgan fingerprint density at radius 1 is 1.16 bits per heavy atom. The quantitative estimate of drug-likeness (QED) is 0.456. The van der Waals surface area contributed by atoms with Gasteiger partial charge in [-0.05, 0) is 49.2 Å². The number of amides is 1. The average Bonchev–Trinajstić information content (AvgIpc) is 2.58. The van der Waals surface area contributed by atoms with Gasteiger partial charge in [-0.3, -0.25) is 14.9 Å². The first-order valence-corrected chi connectivity index (χ1v) is 7.82. The lowest BCUT2D eigenvalue weighted by Gasteiger charge is -2.10. The number of carbonyl (C=O) groups is 1. The van der Waals surface area contributed by atoms with Gasteiger partial charge in [-0.15, -0.1) is 0 Å². The summed E-state index contributed by atoms with van der Waals surface area (Å²) in [6, 6.07) is 9.93. The van der Waals surface area contributed by atoms with Crippen LogP contribution in [-0.4, -0.2) is 31.1 Å². The van der Waals surface area contributed by atoms with E-state index >= 15 is 0 Å². The van der Waals surface area contributed by atoms with Gasteiger partial charge in [0.2, 0.25) is 0 Å². The Bertz CT molecular complexity index is 790. The van der Waals surface area contributed by atoms with Crippen LogP contribution in [0.1, 0.15) is 21.5 Å². The maximum Gasteiger partial charge on any atom is 0.293 e. The van der Waals surface area contributed by atoms with E-state index in [1.165, 1.54) is 12.1 Å². The number of benzene rings is 2. The van der Waals surface area contributed by atoms with Crippen molar-refractivity contribution < 1.29 is 14.5 Å². The molecule has 0 saturated heterocycles. The highest BCUT2D eigenvalue weighted by Gasteiger charge is 2.17. The second kappa shape index (κ2) is 8.25. The summed E-state index contributed by atoms with van der Waals surface area (Å²) in [5.41, 5.74) is 3.26. The molecule has 132 valence electrons. The van der Waals surface area contributed by atoms with Gasteiger partial charge >= 0.3 is 0 Å². The first-order valence-electron chi connectivity index (χ1n) is 7.82. The molecule has 0 unspecified atom stereocenters. The van der Waals surface area contributed by atoms with Gasteiger partial charge in [-0.1, -0.05) is 6.07 Å². The highest BCUT2D eigenvalue weighted by molar-refractivity contribution is 6.05. The number of methoxy groups -OCH3 is 1. The number of hydrogen-bond donors (Lipinski definition) is 2. The molecule has 0 heterocycles. The molecule has 25 heavy (non-hydrogen) atoms. The Balaban J connectivity index is 2.20. The smallest absolute Gasteiger partial charge is 0.293 e. The third kappa shape index (κ3) is 4.77. The zero-order valence-electron chi connectivity index (χ0n) is 14.5. The van der Waals surface area contributed by atoms with Crippen molar-refractivity contribution >= 4 is 23.0 Å². The van der Waals surface area contributed by atoms with Crippen LogP contribution in [0, 0.1) is 24.0 Å². The van der Waals surface area contributed by atoms with Crippen molar-refractivity contribution in [2.75, 3.05) is 30.9 Å². The number of hydrogen-bond acceptors (Lipinski definition) is 5. The van der Waals surface area contributed by atoms with Crippen LogP contribution in [0.25, 0.3) is 0 Å². The van der Waals surface area contributed by atoms with Crippen LogP contribution in [0.4, 0.5) is 17.1 Å². The zero-order valence-corrected chi connectivity index (χ0v) is 14.5. The molecule has 0 atom stereocenters. The second-order valence-corrected chi connectivity index (χ2v) is 5.66. The third-order valence-corrected chi connectivity index (χ3v) is 3.84. The summed E-state index contributed by atoms with van der Waals surface area (Å²) in [5.74, 6) is -0.394. The van der Waals surface area contributed by atoms with Crippen LogP contribution in [0.2, 0.25) is 0 Å². The summed E-state index contributed by atoms with van der Waals surface area (Å²) in [7, 11) is 1.55. The van der Waals surface area contributed by atoms with Crippen molar-refractivity contribution in [1.82, 2.24) is 0 Å². The molecular weight excluding hydrogens is 322 g/mol. The summed E-state index contributed by atoms with van der Waals surface area (Å²) in [5, 5.41) is 17.0. The number of aryl methyl sites for hydroxylation is 2. The Hall–Kier alpha value is -2.93. The zero-order chi connectivity index (χ0) is 18.4. The SMILES string of the molecule is COCCNc1ccc(C(=O)Nc2ccc(C)c(C)c2)cc1[N+](=O)[O-]. The molecule has 0 aliphatic heterocycles. The maximum atomic E-state index is 12.4. The molecule has 2 aromatic rings. The summed E-state index contributed by atoms with van der Waals surface area (Å²) in [4.78, 5) is 23.1. The van der Waals surface area contributed by atoms with Gasteiger partial charge in [0.15, 0.2) is 0 Å². The standard InChI is InChI=1S/C18H21N3O4/c1-12-4-6-15(10-13(12)2)20-18(22)14-5-7-16(19-8-9-25-3)17(11-14)21(23)24/h4-7,10-11,19H,8-9H2,1-3H3,(H,20,22). The molecule has 2 rings (SSSR count). The van der Waals surface area contributed by atoms with E-state index in [1.54, 1.807) is 19.2 Å². The molecule has 1 amide bonds. The molecule has 0 fully saturated rings. The minimum atomic E-state index is -0.512. The van der Waals surface area contributed by atoms with Crippen LogP contribution in [-0.2, 0) is 4.74 Å². The predicted octanol–water partition coefficient (Wildman–Crippen LogP) is 3.52. The lowest BCUT2D eigenvalue weighted by Crippen LogP contribution is -2.14. The average molecular weight is 343 g/mol. The minimum Gasteiger partial charge on any atom is -0.383 e. The number of nitrogens with one attached hydrogen (secondary N) is 2. The molecular formula is C18H21N3O4. The first-order chi connectivity index (χ1) is 11.9. The van der Waals surface area contributed by atoms with E-state index in [-0.39, 0.29) is 11.3 Å². The monoisotopic (exact) mass is 343 g/mol. The number of nitro groups is 1. The summed E-state index contributed by atoms with van der Waals surface area (Å²) >= 11 is 0. The van der Waals surface area contributed by atoms with E-state index in [1.807, 2.05) is 26.0 Å². The van der Waals surface area contributed by atoms with Gasteiger partial charge in [0, 0.05) is 31.0 Å². The maximum absolute atomic E-state index is 12.4. The Labute approximate surface area is 146 Å². The third-order valence-electron chi connectivity index (χ3n) is 3.84. The van der Waals surface area contributed by atoms with Gasteiger partial charge in [0.1, 0.15) is 5.69 Å². The Kier molecular flexibility index (Phi) is 6.08. The van der Waals surface area contributed by atoms with Gasteiger partial charge in [-0.2, -0.15) is 0 Å². The molecule has 0 spiro atoms. The minimum absolute atomic E-state index is 0.149. The lowest BCUT2D eigenvalue weighted by atomic mass is 10.1. The van der Waals surface area contributed by atoms with Gasteiger partial charge in [0.05, 0.1) is 11.5 Å². The molecule has 2 aromatic carbocycles.